The molecule has 3 unspecified atom stereocenters. The summed E-state index contributed by atoms with van der Waals surface area (Å²) in [6, 6.07) is 11.1. The van der Waals surface area contributed by atoms with Crippen molar-refractivity contribution in [2.45, 2.75) is 90.9 Å². The highest BCUT2D eigenvalue weighted by molar-refractivity contribution is 5.55. The number of hydrogen-bond donors (Lipinski definition) is 1. The lowest BCUT2D eigenvalue weighted by Gasteiger charge is -2.38. The summed E-state index contributed by atoms with van der Waals surface area (Å²) in [6.45, 7) is 14.1. The van der Waals surface area contributed by atoms with E-state index in [4.69, 9.17) is 5.10 Å². The van der Waals surface area contributed by atoms with E-state index in [9.17, 15) is 4.39 Å². The number of nitrogens with zero attached hydrogens (tertiary/aromatic N) is 2. The molecule has 1 saturated carbocycles. The SMILES string of the molecule is C=C(C1CC(F)=C1C)N(CC1CCC(CCC)(c2cc(CCC)[nH]n2)C1)c1cccc(CC)c1. The second-order valence-corrected chi connectivity index (χ2v) is 10.6. The van der Waals surface area contributed by atoms with Gasteiger partial charge in [-0.2, -0.15) is 5.10 Å². The van der Waals surface area contributed by atoms with Gasteiger partial charge in [0.15, 0.2) is 0 Å². The van der Waals surface area contributed by atoms with E-state index in [1.54, 1.807) is 0 Å². The number of aromatic amines is 1. The first kappa shape index (κ1) is 24.8. The van der Waals surface area contributed by atoms with Crippen molar-refractivity contribution in [1.29, 1.82) is 0 Å². The van der Waals surface area contributed by atoms with E-state index in [-0.39, 0.29) is 17.2 Å². The van der Waals surface area contributed by atoms with Crippen LogP contribution in [0.1, 0.15) is 89.6 Å². The molecule has 0 amide bonds. The molecule has 4 rings (SSSR count). The Labute approximate surface area is 205 Å². The second kappa shape index (κ2) is 10.5. The molecule has 0 saturated heterocycles. The number of hydrogen-bond acceptors (Lipinski definition) is 2. The third-order valence-corrected chi connectivity index (χ3v) is 8.29. The number of benzene rings is 1. The molecule has 1 aromatic carbocycles. The molecule has 0 radical (unpaired) electrons. The third-order valence-electron chi connectivity index (χ3n) is 8.29. The number of halogens is 1. The highest BCUT2D eigenvalue weighted by Crippen LogP contribution is 2.48. The van der Waals surface area contributed by atoms with E-state index < -0.39 is 0 Å². The summed E-state index contributed by atoms with van der Waals surface area (Å²) < 4.78 is 14.0. The Morgan fingerprint density at radius 1 is 1.24 bits per heavy atom. The molecule has 2 aliphatic carbocycles. The predicted octanol–water partition coefficient (Wildman–Crippen LogP) is 8.05. The van der Waals surface area contributed by atoms with Crippen molar-refractivity contribution in [1.82, 2.24) is 10.2 Å². The zero-order chi connectivity index (χ0) is 24.3. The second-order valence-electron chi connectivity index (χ2n) is 10.6. The van der Waals surface area contributed by atoms with Gasteiger partial charge in [-0.15, -0.1) is 0 Å². The van der Waals surface area contributed by atoms with Crippen LogP contribution in [-0.2, 0) is 18.3 Å². The summed E-state index contributed by atoms with van der Waals surface area (Å²) in [5.74, 6) is 0.724. The zero-order valence-corrected chi connectivity index (χ0v) is 21.6. The Kier molecular flexibility index (Phi) is 7.64. The van der Waals surface area contributed by atoms with E-state index in [0.29, 0.717) is 12.3 Å². The summed E-state index contributed by atoms with van der Waals surface area (Å²) in [6.07, 6.45) is 9.59. The topological polar surface area (TPSA) is 31.9 Å². The Morgan fingerprint density at radius 2 is 2.06 bits per heavy atom. The molecule has 0 aliphatic heterocycles. The van der Waals surface area contributed by atoms with Crippen LogP contribution in [0.15, 0.2) is 54.0 Å². The molecule has 184 valence electrons. The average Bonchev–Trinajstić information content (AvgIpc) is 3.49. The van der Waals surface area contributed by atoms with Crippen LogP contribution in [0, 0.1) is 11.8 Å². The monoisotopic (exact) mass is 463 g/mol. The molecule has 1 heterocycles. The van der Waals surface area contributed by atoms with Gasteiger partial charge in [0.25, 0.3) is 0 Å². The predicted molar refractivity (Wildman–Crippen MR) is 141 cm³/mol. The van der Waals surface area contributed by atoms with Gasteiger partial charge in [-0.25, -0.2) is 4.39 Å². The maximum atomic E-state index is 14.0. The van der Waals surface area contributed by atoms with Gasteiger partial charge >= 0.3 is 0 Å². The number of nitrogens with one attached hydrogen (secondary N) is 1. The minimum Gasteiger partial charge on any atom is -0.345 e. The molecular weight excluding hydrogens is 421 g/mol. The van der Waals surface area contributed by atoms with Gasteiger partial charge in [-0.3, -0.25) is 5.10 Å². The quantitative estimate of drug-likeness (QED) is 0.365. The van der Waals surface area contributed by atoms with E-state index in [0.717, 1.165) is 43.5 Å². The fourth-order valence-corrected chi connectivity index (χ4v) is 6.19. The Hall–Kier alpha value is -2.36. The van der Waals surface area contributed by atoms with Crippen LogP contribution in [0.25, 0.3) is 0 Å². The van der Waals surface area contributed by atoms with Crippen molar-refractivity contribution < 1.29 is 4.39 Å². The molecule has 1 N–H and O–H groups in total. The number of H-pyrrole nitrogens is 1. The Bertz CT molecular complexity index is 1040. The smallest absolute Gasteiger partial charge is 0.101 e. The van der Waals surface area contributed by atoms with Crippen LogP contribution >= 0.6 is 0 Å². The lowest BCUT2D eigenvalue weighted by Crippen LogP contribution is -2.34. The normalized spacial score (nSPS) is 24.4. The van der Waals surface area contributed by atoms with E-state index in [2.05, 4.69) is 67.7 Å². The molecule has 1 fully saturated rings. The van der Waals surface area contributed by atoms with Crippen LogP contribution in [0.2, 0.25) is 0 Å². The first-order valence-electron chi connectivity index (χ1n) is 13.4. The minimum atomic E-state index is 0.0395. The van der Waals surface area contributed by atoms with E-state index in [1.807, 2.05) is 6.92 Å². The molecule has 0 bridgehead atoms. The van der Waals surface area contributed by atoms with Gasteiger partial charge in [0, 0.05) is 41.4 Å². The molecular formula is C30H42FN3. The summed E-state index contributed by atoms with van der Waals surface area (Å²) in [4.78, 5) is 2.40. The first-order chi connectivity index (χ1) is 16.4. The van der Waals surface area contributed by atoms with E-state index >= 15 is 0 Å². The number of allylic oxidation sites excluding steroid dienone is 2. The van der Waals surface area contributed by atoms with Gasteiger partial charge in [-0.1, -0.05) is 52.3 Å². The van der Waals surface area contributed by atoms with E-state index in [1.165, 1.54) is 48.3 Å². The minimum absolute atomic E-state index is 0.0395. The maximum absolute atomic E-state index is 14.0. The lowest BCUT2D eigenvalue weighted by molar-refractivity contribution is 0.369. The van der Waals surface area contributed by atoms with Crippen molar-refractivity contribution in [2.75, 3.05) is 11.4 Å². The van der Waals surface area contributed by atoms with Crippen molar-refractivity contribution in [3.8, 4) is 0 Å². The van der Waals surface area contributed by atoms with Crippen molar-refractivity contribution >= 4 is 5.69 Å². The van der Waals surface area contributed by atoms with Gasteiger partial charge in [0.2, 0.25) is 0 Å². The van der Waals surface area contributed by atoms with Gasteiger partial charge in [0.1, 0.15) is 5.83 Å². The molecule has 0 spiro atoms. The third kappa shape index (κ3) is 4.87. The molecule has 2 aromatic rings. The molecule has 2 aliphatic rings. The first-order valence-corrected chi connectivity index (χ1v) is 13.4. The van der Waals surface area contributed by atoms with Gasteiger partial charge < -0.3 is 4.90 Å². The largest absolute Gasteiger partial charge is 0.345 e. The zero-order valence-electron chi connectivity index (χ0n) is 21.6. The van der Waals surface area contributed by atoms with Crippen molar-refractivity contribution in [3.05, 3.63) is 71.0 Å². The van der Waals surface area contributed by atoms with Crippen LogP contribution in [0.4, 0.5) is 10.1 Å². The van der Waals surface area contributed by atoms with Gasteiger partial charge in [0.05, 0.1) is 5.69 Å². The summed E-state index contributed by atoms with van der Waals surface area (Å²) in [5.41, 5.74) is 7.11. The lowest BCUT2D eigenvalue weighted by atomic mass is 9.77. The van der Waals surface area contributed by atoms with Crippen LogP contribution in [0.5, 0.6) is 0 Å². The highest BCUT2D eigenvalue weighted by Gasteiger charge is 2.43. The highest BCUT2D eigenvalue weighted by atomic mass is 19.1. The Balaban J connectivity index is 1.57. The van der Waals surface area contributed by atoms with Crippen LogP contribution in [-0.4, -0.2) is 16.7 Å². The fourth-order valence-electron chi connectivity index (χ4n) is 6.19. The van der Waals surface area contributed by atoms with Crippen LogP contribution in [0.3, 0.4) is 0 Å². The number of rotatable bonds is 11. The van der Waals surface area contributed by atoms with Crippen molar-refractivity contribution in [2.24, 2.45) is 11.8 Å². The van der Waals surface area contributed by atoms with Crippen LogP contribution < -0.4 is 4.90 Å². The molecule has 3 nitrogen and oxygen atoms in total. The summed E-state index contributed by atoms with van der Waals surface area (Å²) in [5, 5.41) is 8.11. The van der Waals surface area contributed by atoms with Crippen molar-refractivity contribution in [3.63, 3.8) is 0 Å². The number of aromatic nitrogens is 2. The molecule has 1 aromatic heterocycles. The number of aryl methyl sites for hydroxylation is 2. The Morgan fingerprint density at radius 3 is 2.74 bits per heavy atom. The van der Waals surface area contributed by atoms with Gasteiger partial charge in [-0.05, 0) is 80.7 Å². The average molecular weight is 464 g/mol. The fraction of sp³-hybridized carbons (Fsp3) is 0.567. The summed E-state index contributed by atoms with van der Waals surface area (Å²) in [7, 11) is 0. The molecule has 34 heavy (non-hydrogen) atoms. The molecule has 3 atom stereocenters. The summed E-state index contributed by atoms with van der Waals surface area (Å²) >= 11 is 0. The molecule has 4 heteroatoms. The number of anilines is 1. The standard InChI is InChI=1S/C30H42FN3/c1-6-10-25-17-29(33-32-25)30(14-7-2)15-13-24(19-30)20-34(22(5)27-18-28(31)21(27)4)26-12-9-11-23(8-3)16-26/h9,11-12,16-17,24,27H,5-8,10,13-15,18-20H2,1-4H3,(H,32,33). The maximum Gasteiger partial charge on any atom is 0.101 e.